The van der Waals surface area contributed by atoms with Crippen LogP contribution in [-0.2, 0) is 21.2 Å². The normalized spacial score (nSPS) is 11.6. The molecule has 1 aromatic carbocycles. The van der Waals surface area contributed by atoms with E-state index in [1.54, 1.807) is 26.0 Å². The van der Waals surface area contributed by atoms with Crippen molar-refractivity contribution in [3.63, 3.8) is 0 Å². The first-order chi connectivity index (χ1) is 10.2. The number of aryl methyl sites for hydroxylation is 2. The Balaban J connectivity index is 2.46. The van der Waals surface area contributed by atoms with E-state index in [0.29, 0.717) is 17.0 Å². The lowest BCUT2D eigenvalue weighted by atomic mass is 10.1. The molecule has 22 heavy (non-hydrogen) atoms. The molecule has 0 radical (unpaired) electrons. The molecular formula is C15H18N2O4S. The molecule has 0 saturated carbocycles. The molecule has 2 rings (SSSR count). The van der Waals surface area contributed by atoms with Crippen LogP contribution in [0.5, 0.6) is 0 Å². The average molecular weight is 322 g/mol. The summed E-state index contributed by atoms with van der Waals surface area (Å²) in [5.41, 5.74) is 2.63. The molecule has 0 spiro atoms. The topological polar surface area (TPSA) is 89.3 Å². The SMILES string of the molecule is Cc1ccc(S(=O)(=O)n2nc(C)c(CCC(=O)O)c2C)cc1. The molecule has 1 N–H and O–H groups in total. The highest BCUT2D eigenvalue weighted by molar-refractivity contribution is 7.89. The predicted octanol–water partition coefficient (Wildman–Crippen LogP) is 2.06. The van der Waals surface area contributed by atoms with Gasteiger partial charge in [0.2, 0.25) is 0 Å². The number of rotatable bonds is 5. The zero-order valence-corrected chi connectivity index (χ0v) is 13.5. The van der Waals surface area contributed by atoms with Crippen LogP contribution in [0.25, 0.3) is 0 Å². The summed E-state index contributed by atoms with van der Waals surface area (Å²) < 4.78 is 26.3. The summed E-state index contributed by atoms with van der Waals surface area (Å²) in [6.45, 7) is 5.21. The lowest BCUT2D eigenvalue weighted by molar-refractivity contribution is -0.136. The van der Waals surface area contributed by atoms with Gasteiger partial charge in [0.1, 0.15) is 0 Å². The second-order valence-corrected chi connectivity index (χ2v) is 6.97. The molecule has 0 aliphatic carbocycles. The molecule has 0 aliphatic heterocycles. The molecule has 0 atom stereocenters. The molecule has 2 aromatic rings. The van der Waals surface area contributed by atoms with Crippen LogP contribution in [0.3, 0.4) is 0 Å². The Morgan fingerprint density at radius 2 is 1.77 bits per heavy atom. The zero-order valence-electron chi connectivity index (χ0n) is 12.7. The van der Waals surface area contributed by atoms with E-state index < -0.39 is 16.0 Å². The summed E-state index contributed by atoms with van der Waals surface area (Å²) in [5, 5.41) is 12.9. The second kappa shape index (κ2) is 5.92. The summed E-state index contributed by atoms with van der Waals surface area (Å²) in [6, 6.07) is 6.53. The Bertz CT molecular complexity index is 805. The van der Waals surface area contributed by atoms with Crippen molar-refractivity contribution in [1.82, 2.24) is 9.19 Å². The van der Waals surface area contributed by atoms with Gasteiger partial charge in [-0.15, -0.1) is 0 Å². The zero-order chi connectivity index (χ0) is 16.5. The summed E-state index contributed by atoms with van der Waals surface area (Å²) in [6.07, 6.45) is 0.203. The van der Waals surface area contributed by atoms with Gasteiger partial charge in [-0.2, -0.15) is 17.6 Å². The van der Waals surface area contributed by atoms with Crippen molar-refractivity contribution in [1.29, 1.82) is 0 Å². The van der Waals surface area contributed by atoms with Gasteiger partial charge in [0, 0.05) is 6.42 Å². The quantitative estimate of drug-likeness (QED) is 0.910. The van der Waals surface area contributed by atoms with Gasteiger partial charge in [-0.25, -0.2) is 0 Å². The average Bonchev–Trinajstić information content (AvgIpc) is 2.73. The van der Waals surface area contributed by atoms with Crippen LogP contribution in [0.2, 0.25) is 0 Å². The van der Waals surface area contributed by atoms with Crippen molar-refractivity contribution in [3.8, 4) is 0 Å². The van der Waals surface area contributed by atoms with Crippen LogP contribution in [0, 0.1) is 20.8 Å². The first-order valence-corrected chi connectivity index (χ1v) is 8.26. The molecule has 0 bridgehead atoms. The molecule has 0 saturated heterocycles. The van der Waals surface area contributed by atoms with Gasteiger partial charge in [0.15, 0.2) is 0 Å². The number of carboxylic acid groups (broad SMARTS) is 1. The number of carboxylic acids is 1. The molecule has 0 unspecified atom stereocenters. The summed E-state index contributed by atoms with van der Waals surface area (Å²) >= 11 is 0. The fourth-order valence-corrected chi connectivity index (χ4v) is 3.67. The number of hydrogen-bond acceptors (Lipinski definition) is 4. The minimum Gasteiger partial charge on any atom is -0.481 e. The van der Waals surface area contributed by atoms with Crippen molar-refractivity contribution < 1.29 is 18.3 Å². The molecule has 0 amide bonds. The van der Waals surface area contributed by atoms with Crippen LogP contribution >= 0.6 is 0 Å². The fourth-order valence-electron chi connectivity index (χ4n) is 2.29. The summed E-state index contributed by atoms with van der Waals surface area (Å²) in [4.78, 5) is 10.9. The van der Waals surface area contributed by atoms with Crippen molar-refractivity contribution in [2.75, 3.05) is 0 Å². The largest absolute Gasteiger partial charge is 0.481 e. The summed E-state index contributed by atoms with van der Waals surface area (Å²) in [7, 11) is -3.77. The first kappa shape index (κ1) is 16.2. The van der Waals surface area contributed by atoms with E-state index in [-0.39, 0.29) is 17.7 Å². The molecule has 0 fully saturated rings. The van der Waals surface area contributed by atoms with Crippen LogP contribution in [-0.4, -0.2) is 28.7 Å². The Kier molecular flexibility index (Phi) is 4.37. The van der Waals surface area contributed by atoms with Crippen molar-refractivity contribution in [3.05, 3.63) is 46.8 Å². The number of benzene rings is 1. The number of nitrogens with zero attached hydrogens (tertiary/aromatic N) is 2. The molecule has 6 nitrogen and oxygen atoms in total. The highest BCUT2D eigenvalue weighted by atomic mass is 32.2. The maximum atomic E-state index is 12.7. The van der Waals surface area contributed by atoms with Gasteiger partial charge < -0.3 is 5.11 Å². The maximum absolute atomic E-state index is 12.7. The smallest absolute Gasteiger partial charge is 0.303 e. The Hall–Kier alpha value is -2.15. The predicted molar refractivity (Wildman–Crippen MR) is 81.4 cm³/mol. The van der Waals surface area contributed by atoms with Gasteiger partial charge in [0.05, 0.1) is 16.3 Å². The van der Waals surface area contributed by atoms with Gasteiger partial charge in [-0.3, -0.25) is 4.79 Å². The third-order valence-electron chi connectivity index (χ3n) is 3.54. The van der Waals surface area contributed by atoms with Crippen molar-refractivity contribution >= 4 is 16.0 Å². The number of aromatic nitrogens is 2. The van der Waals surface area contributed by atoms with Crippen molar-refractivity contribution in [2.45, 2.75) is 38.5 Å². The number of hydrogen-bond donors (Lipinski definition) is 1. The highest BCUT2D eigenvalue weighted by Gasteiger charge is 2.23. The molecule has 1 heterocycles. The van der Waals surface area contributed by atoms with Gasteiger partial charge in [-0.05, 0) is 44.9 Å². The van der Waals surface area contributed by atoms with Crippen LogP contribution < -0.4 is 0 Å². The van der Waals surface area contributed by atoms with E-state index >= 15 is 0 Å². The minimum atomic E-state index is -3.77. The molecule has 7 heteroatoms. The molecular weight excluding hydrogens is 304 g/mol. The monoisotopic (exact) mass is 322 g/mol. The fraction of sp³-hybridized carbons (Fsp3) is 0.333. The number of carbonyl (C=O) groups is 1. The van der Waals surface area contributed by atoms with Crippen LogP contribution in [0.1, 0.15) is 28.9 Å². The third kappa shape index (κ3) is 3.04. The first-order valence-electron chi connectivity index (χ1n) is 6.82. The molecule has 1 aromatic heterocycles. The van der Waals surface area contributed by atoms with E-state index in [9.17, 15) is 13.2 Å². The van der Waals surface area contributed by atoms with Crippen LogP contribution in [0.4, 0.5) is 0 Å². The Morgan fingerprint density at radius 1 is 1.18 bits per heavy atom. The number of aliphatic carboxylic acids is 1. The van der Waals surface area contributed by atoms with E-state index in [2.05, 4.69) is 5.10 Å². The molecule has 118 valence electrons. The maximum Gasteiger partial charge on any atom is 0.303 e. The van der Waals surface area contributed by atoms with E-state index in [0.717, 1.165) is 9.65 Å². The minimum absolute atomic E-state index is 0.0576. The standard InChI is InChI=1S/C15H18N2O4S/c1-10-4-6-13(7-5-10)22(20,21)17-12(3)14(11(2)16-17)8-9-15(18)19/h4-7H,8-9H2,1-3H3,(H,18,19). The van der Waals surface area contributed by atoms with Crippen molar-refractivity contribution in [2.24, 2.45) is 0 Å². The van der Waals surface area contributed by atoms with E-state index in [1.165, 1.54) is 12.1 Å². The molecule has 0 aliphatic rings. The Labute approximate surface area is 129 Å². The van der Waals surface area contributed by atoms with E-state index in [4.69, 9.17) is 5.11 Å². The second-order valence-electron chi connectivity index (χ2n) is 5.20. The lowest BCUT2D eigenvalue weighted by Gasteiger charge is -2.07. The van der Waals surface area contributed by atoms with Crippen LogP contribution in [0.15, 0.2) is 29.2 Å². The third-order valence-corrected chi connectivity index (χ3v) is 5.22. The van der Waals surface area contributed by atoms with Gasteiger partial charge >= 0.3 is 5.97 Å². The Morgan fingerprint density at radius 3 is 2.32 bits per heavy atom. The lowest BCUT2D eigenvalue weighted by Crippen LogP contribution is -2.16. The van der Waals surface area contributed by atoms with Gasteiger partial charge in [-0.1, -0.05) is 17.7 Å². The summed E-state index contributed by atoms with van der Waals surface area (Å²) in [5.74, 6) is -0.923. The van der Waals surface area contributed by atoms with E-state index in [1.807, 2.05) is 6.92 Å². The highest BCUT2D eigenvalue weighted by Crippen LogP contribution is 2.21. The van der Waals surface area contributed by atoms with Gasteiger partial charge in [0.25, 0.3) is 10.0 Å².